The molecular weight excluding hydrogens is 371 g/mol. The van der Waals surface area contributed by atoms with E-state index in [0.717, 1.165) is 5.56 Å². The Morgan fingerprint density at radius 2 is 1.81 bits per heavy atom. The van der Waals surface area contributed by atoms with E-state index in [-0.39, 0.29) is 17.4 Å². The molecule has 0 aliphatic heterocycles. The van der Waals surface area contributed by atoms with Gasteiger partial charge in [-0.2, -0.15) is 0 Å². The number of hydrogen-bond donors (Lipinski definition) is 2. The SMILES string of the molecule is Cc1ccc(F)cc1NC(=O)COc1ccc(S(=O)(=O)NCC(C)C)cc1. The summed E-state index contributed by atoms with van der Waals surface area (Å²) in [5.74, 6) is -0.342. The minimum Gasteiger partial charge on any atom is -0.484 e. The van der Waals surface area contributed by atoms with Crippen LogP contribution in [0.3, 0.4) is 0 Å². The highest BCUT2D eigenvalue weighted by molar-refractivity contribution is 7.89. The average Bonchev–Trinajstić information content (AvgIpc) is 2.62. The van der Waals surface area contributed by atoms with E-state index in [9.17, 15) is 17.6 Å². The normalized spacial score (nSPS) is 11.4. The molecule has 0 saturated carbocycles. The fraction of sp³-hybridized carbons (Fsp3) is 0.316. The third-order valence-corrected chi connectivity index (χ3v) is 5.10. The van der Waals surface area contributed by atoms with Crippen LogP contribution in [0.5, 0.6) is 5.75 Å². The quantitative estimate of drug-likeness (QED) is 0.721. The summed E-state index contributed by atoms with van der Waals surface area (Å²) in [5, 5.41) is 2.57. The van der Waals surface area contributed by atoms with Crippen molar-refractivity contribution in [2.75, 3.05) is 18.5 Å². The number of nitrogens with one attached hydrogen (secondary N) is 2. The summed E-state index contributed by atoms with van der Waals surface area (Å²) in [4.78, 5) is 12.1. The summed E-state index contributed by atoms with van der Waals surface area (Å²) >= 11 is 0. The molecule has 0 aliphatic carbocycles. The number of aryl methyl sites for hydroxylation is 1. The first kappa shape index (κ1) is 20.9. The molecule has 2 aromatic rings. The van der Waals surface area contributed by atoms with Crippen LogP contribution in [-0.2, 0) is 14.8 Å². The molecule has 27 heavy (non-hydrogen) atoms. The zero-order valence-electron chi connectivity index (χ0n) is 15.5. The number of anilines is 1. The zero-order valence-corrected chi connectivity index (χ0v) is 16.3. The van der Waals surface area contributed by atoms with Crippen LogP contribution in [0.2, 0.25) is 0 Å². The third kappa shape index (κ3) is 6.33. The first-order chi connectivity index (χ1) is 12.7. The molecule has 0 aromatic heterocycles. The van der Waals surface area contributed by atoms with E-state index in [1.807, 2.05) is 13.8 Å². The Bertz CT molecular complexity index is 896. The number of amides is 1. The number of benzene rings is 2. The Kier molecular flexibility index (Phi) is 6.92. The minimum absolute atomic E-state index is 0.121. The van der Waals surface area contributed by atoms with E-state index in [4.69, 9.17) is 4.74 Å². The molecule has 0 spiro atoms. The molecule has 0 radical (unpaired) electrons. The van der Waals surface area contributed by atoms with Gasteiger partial charge in [0.2, 0.25) is 10.0 Å². The monoisotopic (exact) mass is 394 g/mol. The van der Waals surface area contributed by atoms with Crippen LogP contribution in [0.25, 0.3) is 0 Å². The van der Waals surface area contributed by atoms with Gasteiger partial charge < -0.3 is 10.1 Å². The lowest BCUT2D eigenvalue weighted by Gasteiger charge is -2.11. The summed E-state index contributed by atoms with van der Waals surface area (Å²) in [5.41, 5.74) is 1.11. The summed E-state index contributed by atoms with van der Waals surface area (Å²) in [7, 11) is -3.57. The highest BCUT2D eigenvalue weighted by Gasteiger charge is 2.14. The first-order valence-electron chi connectivity index (χ1n) is 8.46. The van der Waals surface area contributed by atoms with Crippen LogP contribution in [0.1, 0.15) is 19.4 Å². The van der Waals surface area contributed by atoms with Crippen molar-refractivity contribution >= 4 is 21.6 Å². The van der Waals surface area contributed by atoms with Gasteiger partial charge in [0.25, 0.3) is 5.91 Å². The standard InChI is InChI=1S/C19H23FN2O4S/c1-13(2)11-21-27(24,25)17-8-6-16(7-9-17)26-12-19(23)22-18-10-15(20)5-4-14(18)3/h4-10,13,21H,11-12H2,1-3H3,(H,22,23). The molecule has 146 valence electrons. The fourth-order valence-electron chi connectivity index (χ4n) is 2.14. The van der Waals surface area contributed by atoms with Crippen LogP contribution in [-0.4, -0.2) is 27.5 Å². The lowest BCUT2D eigenvalue weighted by atomic mass is 10.2. The largest absolute Gasteiger partial charge is 0.484 e. The predicted octanol–water partition coefficient (Wildman–Crippen LogP) is 3.09. The Balaban J connectivity index is 1.93. The molecule has 2 aromatic carbocycles. The molecule has 0 atom stereocenters. The fourth-order valence-corrected chi connectivity index (χ4v) is 3.35. The Morgan fingerprint density at radius 3 is 2.44 bits per heavy atom. The van der Waals surface area contributed by atoms with E-state index < -0.39 is 21.7 Å². The maximum absolute atomic E-state index is 13.2. The second kappa shape index (κ2) is 8.96. The molecule has 1 amide bonds. The molecule has 0 fully saturated rings. The molecule has 8 heteroatoms. The lowest BCUT2D eigenvalue weighted by molar-refractivity contribution is -0.118. The van der Waals surface area contributed by atoms with Crippen molar-refractivity contribution in [2.24, 2.45) is 5.92 Å². The molecule has 2 rings (SSSR count). The van der Waals surface area contributed by atoms with E-state index in [2.05, 4.69) is 10.0 Å². The van der Waals surface area contributed by atoms with E-state index in [1.165, 1.54) is 36.4 Å². The Morgan fingerprint density at radius 1 is 1.15 bits per heavy atom. The molecule has 0 bridgehead atoms. The summed E-state index contributed by atoms with van der Waals surface area (Å²) in [6, 6.07) is 9.89. The predicted molar refractivity (Wildman–Crippen MR) is 102 cm³/mol. The number of carbonyl (C=O) groups is 1. The third-order valence-electron chi connectivity index (χ3n) is 3.66. The van der Waals surface area contributed by atoms with Crippen LogP contribution in [0.4, 0.5) is 10.1 Å². The smallest absolute Gasteiger partial charge is 0.262 e. The van der Waals surface area contributed by atoms with Crippen LogP contribution < -0.4 is 14.8 Å². The number of carbonyl (C=O) groups excluding carboxylic acids is 1. The number of rotatable bonds is 8. The van der Waals surface area contributed by atoms with Crippen molar-refractivity contribution in [3.63, 3.8) is 0 Å². The van der Waals surface area contributed by atoms with Crippen LogP contribution >= 0.6 is 0 Å². The topological polar surface area (TPSA) is 84.5 Å². The highest BCUT2D eigenvalue weighted by atomic mass is 32.2. The Hall–Kier alpha value is -2.45. The number of ether oxygens (including phenoxy) is 1. The van der Waals surface area contributed by atoms with Gasteiger partial charge in [-0.25, -0.2) is 17.5 Å². The van der Waals surface area contributed by atoms with E-state index >= 15 is 0 Å². The maximum atomic E-state index is 13.2. The van der Waals surface area contributed by atoms with Crippen molar-refractivity contribution in [3.8, 4) is 5.75 Å². The molecule has 0 unspecified atom stereocenters. The van der Waals surface area contributed by atoms with Crippen molar-refractivity contribution in [1.29, 1.82) is 0 Å². The van der Waals surface area contributed by atoms with Gasteiger partial charge in [0.1, 0.15) is 11.6 Å². The minimum atomic E-state index is -3.57. The van der Waals surface area contributed by atoms with Gasteiger partial charge in [-0.05, 0) is 54.8 Å². The maximum Gasteiger partial charge on any atom is 0.262 e. The molecule has 0 aliphatic rings. The van der Waals surface area contributed by atoms with Gasteiger partial charge in [0, 0.05) is 12.2 Å². The van der Waals surface area contributed by atoms with Gasteiger partial charge in [-0.15, -0.1) is 0 Å². The average molecular weight is 394 g/mol. The van der Waals surface area contributed by atoms with Gasteiger partial charge in [-0.3, -0.25) is 4.79 Å². The lowest BCUT2D eigenvalue weighted by Crippen LogP contribution is -2.27. The highest BCUT2D eigenvalue weighted by Crippen LogP contribution is 2.18. The van der Waals surface area contributed by atoms with Gasteiger partial charge in [0.05, 0.1) is 4.90 Å². The first-order valence-corrected chi connectivity index (χ1v) is 9.94. The number of hydrogen-bond acceptors (Lipinski definition) is 4. The molecular formula is C19H23FN2O4S. The van der Waals surface area contributed by atoms with Crippen molar-refractivity contribution in [1.82, 2.24) is 4.72 Å². The summed E-state index contributed by atoms with van der Waals surface area (Å²) < 4.78 is 45.4. The Labute approximate surface area is 158 Å². The second-order valence-electron chi connectivity index (χ2n) is 6.51. The van der Waals surface area contributed by atoms with Gasteiger partial charge in [0.15, 0.2) is 6.61 Å². The second-order valence-corrected chi connectivity index (χ2v) is 8.28. The zero-order chi connectivity index (χ0) is 20.0. The van der Waals surface area contributed by atoms with Crippen LogP contribution in [0.15, 0.2) is 47.4 Å². The number of halogens is 1. The van der Waals surface area contributed by atoms with Crippen LogP contribution in [0, 0.1) is 18.7 Å². The van der Waals surface area contributed by atoms with E-state index in [0.29, 0.717) is 18.0 Å². The van der Waals surface area contributed by atoms with Crippen molar-refractivity contribution in [3.05, 3.63) is 53.8 Å². The molecule has 0 saturated heterocycles. The van der Waals surface area contributed by atoms with Gasteiger partial charge >= 0.3 is 0 Å². The summed E-state index contributed by atoms with van der Waals surface area (Å²) in [6.07, 6.45) is 0. The molecule has 6 nitrogen and oxygen atoms in total. The van der Waals surface area contributed by atoms with Gasteiger partial charge in [-0.1, -0.05) is 19.9 Å². The van der Waals surface area contributed by atoms with E-state index in [1.54, 1.807) is 13.0 Å². The van der Waals surface area contributed by atoms with Crippen molar-refractivity contribution < 1.29 is 22.3 Å². The molecule has 0 heterocycles. The summed E-state index contributed by atoms with van der Waals surface area (Å²) in [6.45, 7) is 5.64. The van der Waals surface area contributed by atoms with Crippen molar-refractivity contribution in [2.45, 2.75) is 25.7 Å². The molecule has 2 N–H and O–H groups in total. The number of sulfonamides is 1.